The van der Waals surface area contributed by atoms with Crippen LogP contribution >= 0.6 is 0 Å². The second-order valence-electron chi connectivity index (χ2n) is 7.61. The summed E-state index contributed by atoms with van der Waals surface area (Å²) in [6.45, 7) is 2.41. The fraction of sp³-hybridized carbons (Fsp3) is 0.381. The molecule has 1 unspecified atom stereocenters. The van der Waals surface area contributed by atoms with Gasteiger partial charge in [-0.2, -0.15) is 13.2 Å². The molecule has 10 heteroatoms. The molecule has 1 aromatic heterocycles. The van der Waals surface area contributed by atoms with E-state index < -0.39 is 29.7 Å². The number of nitrogens with zero attached hydrogens (tertiary/aromatic N) is 4. The van der Waals surface area contributed by atoms with Crippen molar-refractivity contribution < 1.29 is 27.9 Å². The lowest BCUT2D eigenvalue weighted by atomic mass is 10.1. The number of aliphatic hydroxyl groups is 1. The van der Waals surface area contributed by atoms with Crippen LogP contribution < -0.4 is 4.90 Å². The van der Waals surface area contributed by atoms with Gasteiger partial charge in [-0.15, -0.1) is 0 Å². The summed E-state index contributed by atoms with van der Waals surface area (Å²) in [7, 11) is 0. The molecule has 164 valence electrons. The summed E-state index contributed by atoms with van der Waals surface area (Å²) in [5.74, 6) is -0.338. The molecule has 31 heavy (non-hydrogen) atoms. The van der Waals surface area contributed by atoms with Gasteiger partial charge in [-0.05, 0) is 24.3 Å². The zero-order chi connectivity index (χ0) is 22.2. The second kappa shape index (κ2) is 8.27. The number of anilines is 1. The number of fused-ring (bicyclic) bond motifs is 1. The Hall–Kier alpha value is -2.98. The van der Waals surface area contributed by atoms with E-state index in [-0.39, 0.29) is 13.1 Å². The molecule has 2 aliphatic heterocycles. The van der Waals surface area contributed by atoms with E-state index in [0.29, 0.717) is 43.1 Å². The molecule has 0 saturated carbocycles. The number of rotatable bonds is 5. The second-order valence-corrected chi connectivity index (χ2v) is 7.61. The first-order valence-corrected chi connectivity index (χ1v) is 9.88. The molecule has 2 aliphatic rings. The van der Waals surface area contributed by atoms with Gasteiger partial charge in [0.25, 0.3) is 11.8 Å². The van der Waals surface area contributed by atoms with Gasteiger partial charge < -0.3 is 10.0 Å². The number of alkyl halides is 3. The van der Waals surface area contributed by atoms with Gasteiger partial charge in [-0.25, -0.2) is 4.98 Å². The number of imide groups is 1. The third-order valence-corrected chi connectivity index (χ3v) is 5.51. The zero-order valence-corrected chi connectivity index (χ0v) is 16.5. The van der Waals surface area contributed by atoms with Crippen molar-refractivity contribution in [2.75, 3.05) is 44.2 Å². The van der Waals surface area contributed by atoms with Crippen molar-refractivity contribution in [1.29, 1.82) is 0 Å². The van der Waals surface area contributed by atoms with Gasteiger partial charge in [0.05, 0.1) is 29.3 Å². The Kier molecular flexibility index (Phi) is 5.67. The maximum atomic E-state index is 12.7. The highest BCUT2D eigenvalue weighted by atomic mass is 19.4. The summed E-state index contributed by atoms with van der Waals surface area (Å²) >= 11 is 0. The Labute approximate surface area is 176 Å². The standard InChI is InChI=1S/C21H21F3N4O3/c22-21(23,24)14-5-6-18(25-11-14)27-9-7-26(8-10-27)12-15(29)13-28-19(30)16-3-1-2-4-17(16)20(28)31/h1-6,11,15,29H,7-10,12-13H2. The molecular formula is C21H21F3N4O3. The van der Waals surface area contributed by atoms with Gasteiger partial charge in [0.15, 0.2) is 0 Å². The molecule has 1 aromatic carbocycles. The Morgan fingerprint density at radius 3 is 2.06 bits per heavy atom. The molecule has 2 aromatic rings. The monoisotopic (exact) mass is 434 g/mol. The third-order valence-electron chi connectivity index (χ3n) is 5.51. The molecule has 1 N–H and O–H groups in total. The molecule has 0 aliphatic carbocycles. The first-order valence-electron chi connectivity index (χ1n) is 9.88. The largest absolute Gasteiger partial charge is 0.417 e. The minimum atomic E-state index is -4.42. The van der Waals surface area contributed by atoms with E-state index >= 15 is 0 Å². The van der Waals surface area contributed by atoms with Crippen LogP contribution in [0.3, 0.4) is 0 Å². The van der Waals surface area contributed by atoms with E-state index in [0.717, 1.165) is 17.2 Å². The summed E-state index contributed by atoms with van der Waals surface area (Å²) < 4.78 is 38.0. The Morgan fingerprint density at radius 1 is 0.935 bits per heavy atom. The summed E-state index contributed by atoms with van der Waals surface area (Å²) in [6, 6.07) is 8.94. The van der Waals surface area contributed by atoms with Gasteiger partial charge in [0.2, 0.25) is 0 Å². The highest BCUT2D eigenvalue weighted by Gasteiger charge is 2.36. The van der Waals surface area contributed by atoms with Crippen molar-refractivity contribution in [2.24, 2.45) is 0 Å². The zero-order valence-electron chi connectivity index (χ0n) is 16.5. The molecule has 2 amide bonds. The molecule has 0 spiro atoms. The lowest BCUT2D eigenvalue weighted by Crippen LogP contribution is -2.50. The molecule has 1 saturated heterocycles. The normalized spacial score (nSPS) is 18.5. The molecular weight excluding hydrogens is 413 g/mol. The maximum Gasteiger partial charge on any atom is 0.417 e. The average Bonchev–Trinajstić information content (AvgIpc) is 2.99. The first kappa shape index (κ1) is 21.3. The van der Waals surface area contributed by atoms with E-state index in [4.69, 9.17) is 0 Å². The fourth-order valence-corrected chi connectivity index (χ4v) is 3.87. The number of carbonyl (C=O) groups excluding carboxylic acids is 2. The van der Waals surface area contributed by atoms with Crippen LogP contribution in [0.15, 0.2) is 42.6 Å². The van der Waals surface area contributed by atoms with E-state index in [2.05, 4.69) is 4.98 Å². The minimum absolute atomic E-state index is 0.0903. The summed E-state index contributed by atoms with van der Waals surface area (Å²) in [5.41, 5.74) is -0.0964. The van der Waals surface area contributed by atoms with E-state index in [1.807, 2.05) is 9.80 Å². The molecule has 4 rings (SSSR count). The number of β-amino-alcohol motifs (C(OH)–C–C–N with tert-alkyl or cyclic N) is 1. The SMILES string of the molecule is O=C1c2ccccc2C(=O)N1CC(O)CN1CCN(c2ccc(C(F)(F)F)cn2)CC1. The van der Waals surface area contributed by atoms with Gasteiger partial charge in [0, 0.05) is 38.9 Å². The van der Waals surface area contributed by atoms with Crippen LogP contribution in [0.1, 0.15) is 26.3 Å². The Morgan fingerprint density at radius 2 is 1.55 bits per heavy atom. The number of benzene rings is 1. The summed E-state index contributed by atoms with van der Waals surface area (Å²) in [6.07, 6.45) is -4.49. The fourth-order valence-electron chi connectivity index (χ4n) is 3.87. The predicted octanol–water partition coefficient (Wildman–Crippen LogP) is 1.88. The number of hydrogen-bond donors (Lipinski definition) is 1. The van der Waals surface area contributed by atoms with E-state index in [1.54, 1.807) is 24.3 Å². The van der Waals surface area contributed by atoms with Crippen molar-refractivity contribution in [2.45, 2.75) is 12.3 Å². The lowest BCUT2D eigenvalue weighted by Gasteiger charge is -2.36. The smallest absolute Gasteiger partial charge is 0.390 e. The number of halogens is 3. The molecule has 1 atom stereocenters. The number of aliphatic hydroxyl groups excluding tert-OH is 1. The molecule has 3 heterocycles. The van der Waals surface area contributed by atoms with E-state index in [9.17, 15) is 27.9 Å². The van der Waals surface area contributed by atoms with Crippen molar-refractivity contribution in [1.82, 2.24) is 14.8 Å². The van der Waals surface area contributed by atoms with Crippen molar-refractivity contribution >= 4 is 17.6 Å². The molecule has 1 fully saturated rings. The van der Waals surface area contributed by atoms with Crippen LogP contribution in [-0.2, 0) is 6.18 Å². The highest BCUT2D eigenvalue weighted by molar-refractivity contribution is 6.21. The van der Waals surface area contributed by atoms with Crippen LogP contribution in [-0.4, -0.2) is 77.1 Å². The maximum absolute atomic E-state index is 12.7. The summed E-state index contributed by atoms with van der Waals surface area (Å²) in [4.78, 5) is 33.7. The van der Waals surface area contributed by atoms with E-state index in [1.165, 1.54) is 6.07 Å². The van der Waals surface area contributed by atoms with Crippen LogP contribution in [0.2, 0.25) is 0 Å². The number of carbonyl (C=O) groups is 2. The summed E-state index contributed by atoms with van der Waals surface area (Å²) in [5, 5.41) is 10.4. The average molecular weight is 434 g/mol. The number of pyridine rings is 1. The highest BCUT2D eigenvalue weighted by Crippen LogP contribution is 2.29. The predicted molar refractivity (Wildman–Crippen MR) is 106 cm³/mol. The topological polar surface area (TPSA) is 77.0 Å². The van der Waals surface area contributed by atoms with Crippen molar-refractivity contribution in [3.05, 3.63) is 59.3 Å². The third kappa shape index (κ3) is 4.40. The van der Waals surface area contributed by atoms with Gasteiger partial charge in [-0.3, -0.25) is 19.4 Å². The van der Waals surface area contributed by atoms with Crippen LogP contribution in [0.4, 0.5) is 19.0 Å². The van der Waals surface area contributed by atoms with Gasteiger partial charge >= 0.3 is 6.18 Å². The van der Waals surface area contributed by atoms with Crippen molar-refractivity contribution in [3.8, 4) is 0 Å². The van der Waals surface area contributed by atoms with Crippen LogP contribution in [0.5, 0.6) is 0 Å². The van der Waals surface area contributed by atoms with Crippen LogP contribution in [0, 0.1) is 0 Å². The van der Waals surface area contributed by atoms with Crippen molar-refractivity contribution in [3.63, 3.8) is 0 Å². The van der Waals surface area contributed by atoms with Gasteiger partial charge in [0.1, 0.15) is 5.82 Å². The lowest BCUT2D eigenvalue weighted by molar-refractivity contribution is -0.137. The quantitative estimate of drug-likeness (QED) is 0.725. The van der Waals surface area contributed by atoms with Crippen LogP contribution in [0.25, 0.3) is 0 Å². The van der Waals surface area contributed by atoms with Gasteiger partial charge in [-0.1, -0.05) is 12.1 Å². The Balaban J connectivity index is 1.28. The first-order chi connectivity index (χ1) is 14.7. The molecule has 0 radical (unpaired) electrons. The number of hydrogen-bond acceptors (Lipinski definition) is 6. The molecule has 7 nitrogen and oxygen atoms in total. The molecule has 0 bridgehead atoms. The Bertz CT molecular complexity index is 938. The number of piperazine rings is 1. The number of aromatic nitrogens is 1. The number of amides is 2. The minimum Gasteiger partial charge on any atom is -0.390 e.